The number of amides is 2. The molecule has 0 aliphatic rings. The second-order valence-corrected chi connectivity index (χ2v) is 9.95. The molecular formula is C26H43N3O10. The van der Waals surface area contributed by atoms with Crippen LogP contribution in [0.4, 0.5) is 9.59 Å². The van der Waals surface area contributed by atoms with Gasteiger partial charge in [-0.05, 0) is 45.6 Å². The largest absolute Gasteiger partial charge is 0.468 e. The standard InChI is InChI=1S/C26H43N3O10/c1-26(2,3)39-24(35)27-13-9-8-12-18(23(34)37-4)28-14-19(21(32)22(33)20(31)15-30)29-25(36)38-16-17-10-6-5-7-11-17/h5-7,10-11,18-22,28,30-33H,8-9,12-16H2,1-4H3,(H,27,35)(H,29,36)/t18-,19-,20+,21+,22+/m0/s1. The van der Waals surface area contributed by atoms with Crippen LogP contribution in [-0.4, -0.2) is 101 Å². The third kappa shape index (κ3) is 14.1. The fraction of sp³-hybridized carbons (Fsp3) is 0.654. The van der Waals surface area contributed by atoms with E-state index < -0.39 is 60.8 Å². The summed E-state index contributed by atoms with van der Waals surface area (Å²) in [5.74, 6) is -0.592. The zero-order valence-corrected chi connectivity index (χ0v) is 23.0. The molecular weight excluding hydrogens is 514 g/mol. The molecule has 1 aromatic carbocycles. The number of unbranched alkanes of at least 4 members (excludes halogenated alkanes) is 1. The smallest absolute Gasteiger partial charge is 0.407 e. The number of benzene rings is 1. The number of ether oxygens (including phenoxy) is 3. The van der Waals surface area contributed by atoms with Crippen LogP contribution in [0.25, 0.3) is 0 Å². The second kappa shape index (κ2) is 17.6. The normalized spacial score (nSPS) is 15.3. The van der Waals surface area contributed by atoms with E-state index in [9.17, 15) is 29.7 Å². The van der Waals surface area contributed by atoms with Gasteiger partial charge in [-0.1, -0.05) is 30.3 Å². The van der Waals surface area contributed by atoms with E-state index >= 15 is 0 Å². The van der Waals surface area contributed by atoms with E-state index in [1.54, 1.807) is 45.0 Å². The summed E-state index contributed by atoms with van der Waals surface area (Å²) < 4.78 is 15.2. The van der Waals surface area contributed by atoms with E-state index in [0.29, 0.717) is 25.8 Å². The van der Waals surface area contributed by atoms with Crippen molar-refractivity contribution in [2.75, 3.05) is 26.8 Å². The quantitative estimate of drug-likeness (QED) is 0.0832. The Morgan fingerprint density at radius 3 is 2.23 bits per heavy atom. The summed E-state index contributed by atoms with van der Waals surface area (Å²) in [5, 5.41) is 47.7. The molecule has 1 aromatic rings. The number of esters is 1. The number of hydrogen-bond donors (Lipinski definition) is 7. The average Bonchev–Trinajstić information content (AvgIpc) is 2.90. The molecule has 222 valence electrons. The van der Waals surface area contributed by atoms with Crippen LogP contribution in [0.5, 0.6) is 0 Å². The van der Waals surface area contributed by atoms with Crippen molar-refractivity contribution in [3.05, 3.63) is 35.9 Å². The van der Waals surface area contributed by atoms with E-state index in [1.807, 2.05) is 6.07 Å². The van der Waals surface area contributed by atoms with Gasteiger partial charge < -0.3 is 50.6 Å². The van der Waals surface area contributed by atoms with E-state index in [-0.39, 0.29) is 13.2 Å². The van der Waals surface area contributed by atoms with Gasteiger partial charge in [-0.15, -0.1) is 0 Å². The van der Waals surface area contributed by atoms with E-state index in [2.05, 4.69) is 16.0 Å². The van der Waals surface area contributed by atoms with Gasteiger partial charge in [0.2, 0.25) is 0 Å². The summed E-state index contributed by atoms with van der Waals surface area (Å²) in [5.41, 5.74) is 0.110. The Hall–Kier alpha value is -2.97. The molecule has 0 bridgehead atoms. The zero-order valence-electron chi connectivity index (χ0n) is 23.0. The minimum absolute atomic E-state index is 0.0488. The van der Waals surface area contributed by atoms with Crippen LogP contribution in [0, 0.1) is 0 Å². The van der Waals surface area contributed by atoms with E-state index in [4.69, 9.17) is 19.3 Å². The van der Waals surface area contributed by atoms with Crippen molar-refractivity contribution in [2.45, 2.75) is 82.6 Å². The van der Waals surface area contributed by atoms with Crippen LogP contribution in [0.2, 0.25) is 0 Å². The number of aliphatic hydroxyl groups excluding tert-OH is 4. The van der Waals surface area contributed by atoms with Crippen molar-refractivity contribution in [1.29, 1.82) is 0 Å². The van der Waals surface area contributed by atoms with Crippen molar-refractivity contribution >= 4 is 18.2 Å². The Bertz CT molecular complexity index is 865. The minimum atomic E-state index is -1.80. The van der Waals surface area contributed by atoms with Gasteiger partial charge >= 0.3 is 18.2 Å². The minimum Gasteiger partial charge on any atom is -0.468 e. The van der Waals surface area contributed by atoms with Crippen LogP contribution < -0.4 is 16.0 Å². The number of carbonyl (C=O) groups is 3. The van der Waals surface area contributed by atoms with Gasteiger partial charge in [-0.3, -0.25) is 4.79 Å². The molecule has 39 heavy (non-hydrogen) atoms. The fourth-order valence-electron chi connectivity index (χ4n) is 3.44. The van der Waals surface area contributed by atoms with Gasteiger partial charge in [0.05, 0.1) is 19.8 Å². The summed E-state index contributed by atoms with van der Waals surface area (Å²) in [6.45, 7) is 4.50. The Morgan fingerprint density at radius 1 is 0.974 bits per heavy atom. The highest BCUT2D eigenvalue weighted by Gasteiger charge is 2.33. The molecule has 0 unspecified atom stereocenters. The lowest BCUT2D eigenvalue weighted by Gasteiger charge is -2.30. The maximum Gasteiger partial charge on any atom is 0.407 e. The topological polar surface area (TPSA) is 196 Å². The van der Waals surface area contributed by atoms with Gasteiger partial charge in [-0.2, -0.15) is 0 Å². The molecule has 0 saturated carbocycles. The summed E-state index contributed by atoms with van der Waals surface area (Å²) in [7, 11) is 1.22. The van der Waals surface area contributed by atoms with Gasteiger partial charge in [0, 0.05) is 13.1 Å². The number of aliphatic hydroxyl groups is 4. The van der Waals surface area contributed by atoms with E-state index in [1.165, 1.54) is 7.11 Å². The Balaban J connectivity index is 2.73. The van der Waals surface area contributed by atoms with Crippen molar-refractivity contribution < 1.29 is 49.0 Å². The lowest BCUT2D eigenvalue weighted by atomic mass is 10.0. The first-order chi connectivity index (χ1) is 18.4. The summed E-state index contributed by atoms with van der Waals surface area (Å²) in [4.78, 5) is 36.5. The molecule has 13 heteroatoms. The maximum absolute atomic E-state index is 12.4. The number of hydrogen-bond acceptors (Lipinski definition) is 11. The lowest BCUT2D eigenvalue weighted by molar-refractivity contribution is -0.143. The number of nitrogens with one attached hydrogen (secondary N) is 3. The molecule has 2 amide bonds. The molecule has 13 nitrogen and oxygen atoms in total. The number of rotatable bonds is 16. The summed E-state index contributed by atoms with van der Waals surface area (Å²) in [6, 6.07) is 6.82. The highest BCUT2D eigenvalue weighted by Crippen LogP contribution is 2.10. The molecule has 0 aliphatic carbocycles. The van der Waals surface area contributed by atoms with Crippen LogP contribution in [0.15, 0.2) is 30.3 Å². The molecule has 0 saturated heterocycles. The number of carbonyl (C=O) groups excluding carboxylic acids is 3. The molecule has 0 radical (unpaired) electrons. The van der Waals surface area contributed by atoms with Crippen molar-refractivity contribution in [1.82, 2.24) is 16.0 Å². The molecule has 1 rings (SSSR count). The van der Waals surface area contributed by atoms with Crippen LogP contribution in [0.3, 0.4) is 0 Å². The zero-order chi connectivity index (χ0) is 29.4. The van der Waals surface area contributed by atoms with E-state index in [0.717, 1.165) is 5.56 Å². The first-order valence-corrected chi connectivity index (χ1v) is 12.8. The molecule has 7 N–H and O–H groups in total. The van der Waals surface area contributed by atoms with Gasteiger partial charge in [-0.25, -0.2) is 9.59 Å². The number of methoxy groups -OCH3 is 1. The molecule has 0 aliphatic heterocycles. The highest BCUT2D eigenvalue weighted by atomic mass is 16.6. The molecule has 0 fully saturated rings. The summed E-state index contributed by atoms with van der Waals surface area (Å²) >= 11 is 0. The number of alkyl carbamates (subject to hydrolysis) is 2. The maximum atomic E-state index is 12.4. The van der Waals surface area contributed by atoms with Crippen molar-refractivity contribution in [3.63, 3.8) is 0 Å². The molecule has 5 atom stereocenters. The molecule has 0 heterocycles. The second-order valence-electron chi connectivity index (χ2n) is 9.95. The Labute approximate surface area is 228 Å². The fourth-order valence-corrected chi connectivity index (χ4v) is 3.44. The highest BCUT2D eigenvalue weighted by molar-refractivity contribution is 5.75. The van der Waals surface area contributed by atoms with Gasteiger partial charge in [0.15, 0.2) is 0 Å². The molecule has 0 aromatic heterocycles. The molecule has 0 spiro atoms. The average molecular weight is 558 g/mol. The predicted molar refractivity (Wildman–Crippen MR) is 141 cm³/mol. The van der Waals surface area contributed by atoms with Gasteiger partial charge in [0.25, 0.3) is 0 Å². The monoisotopic (exact) mass is 557 g/mol. The lowest BCUT2D eigenvalue weighted by Crippen LogP contribution is -2.57. The summed E-state index contributed by atoms with van der Waals surface area (Å²) in [6.07, 6.45) is -5.30. The predicted octanol–water partition coefficient (Wildman–Crippen LogP) is 0.183. The SMILES string of the molecule is COC(=O)[C@H](CCCCNC(=O)OC(C)(C)C)NC[C@H](NC(=O)OCc1ccccc1)[C@@H](O)[C@H](O)[C@H](O)CO. The first-order valence-electron chi connectivity index (χ1n) is 12.8. The Morgan fingerprint density at radius 2 is 1.64 bits per heavy atom. The van der Waals surface area contributed by atoms with Crippen LogP contribution in [-0.2, 0) is 25.6 Å². The van der Waals surface area contributed by atoms with Crippen molar-refractivity contribution in [3.8, 4) is 0 Å². The van der Waals surface area contributed by atoms with Crippen LogP contribution in [0.1, 0.15) is 45.6 Å². The third-order valence-electron chi connectivity index (χ3n) is 5.52. The third-order valence-corrected chi connectivity index (χ3v) is 5.52. The van der Waals surface area contributed by atoms with Gasteiger partial charge in [0.1, 0.15) is 36.6 Å². The Kier molecular flexibility index (Phi) is 15.4. The van der Waals surface area contributed by atoms with Crippen molar-refractivity contribution in [2.24, 2.45) is 0 Å². The first kappa shape index (κ1) is 34.1. The van der Waals surface area contributed by atoms with Crippen LogP contribution >= 0.6 is 0 Å².